The molecule has 0 atom stereocenters. The number of oxime groups is 1. The summed E-state index contributed by atoms with van der Waals surface area (Å²) in [4.78, 5) is 14.6. The molecular weight excluding hydrogens is 244 g/mol. The third-order valence-corrected chi connectivity index (χ3v) is 4.10. The Labute approximate surface area is 115 Å². The largest absolute Gasteiger partial charge is 0.409 e. The summed E-state index contributed by atoms with van der Waals surface area (Å²) < 4.78 is 0. The second kappa shape index (κ2) is 7.33. The third-order valence-electron chi connectivity index (χ3n) is 4.10. The quantitative estimate of drug-likeness (QED) is 0.275. The van der Waals surface area contributed by atoms with Crippen molar-refractivity contribution in [1.29, 1.82) is 0 Å². The van der Waals surface area contributed by atoms with Crippen molar-refractivity contribution in [1.82, 2.24) is 10.2 Å². The zero-order chi connectivity index (χ0) is 14.3. The Hall–Kier alpha value is -1.30. The van der Waals surface area contributed by atoms with Crippen molar-refractivity contribution in [2.24, 2.45) is 16.3 Å². The van der Waals surface area contributed by atoms with Crippen molar-refractivity contribution in [3.8, 4) is 0 Å². The van der Waals surface area contributed by atoms with E-state index in [0.717, 1.165) is 32.5 Å². The highest BCUT2D eigenvalue weighted by Crippen LogP contribution is 2.38. The standard InChI is InChI=1S/C13H26N4O2/c1-3-17(4-2)10-9-15-12(18)13(11(14)16-19)7-5-6-8-13/h19H,3-10H2,1-2H3,(H2,14,16)(H,15,18). The second-order valence-corrected chi connectivity index (χ2v) is 5.06. The summed E-state index contributed by atoms with van der Waals surface area (Å²) in [6.45, 7) is 7.56. The van der Waals surface area contributed by atoms with Crippen molar-refractivity contribution in [3.63, 3.8) is 0 Å². The number of hydrogen-bond acceptors (Lipinski definition) is 4. The SMILES string of the molecule is CCN(CC)CCNC(=O)C1(C(N)=NO)CCCC1. The molecule has 19 heavy (non-hydrogen) atoms. The average Bonchev–Trinajstić information content (AvgIpc) is 2.93. The Morgan fingerprint density at radius 3 is 2.42 bits per heavy atom. The van der Waals surface area contributed by atoms with Gasteiger partial charge in [0.1, 0.15) is 5.41 Å². The number of hydrogen-bond donors (Lipinski definition) is 3. The number of amidine groups is 1. The van der Waals surface area contributed by atoms with Gasteiger partial charge in [-0.25, -0.2) is 0 Å². The first kappa shape index (κ1) is 15.8. The number of amides is 1. The Kier molecular flexibility index (Phi) is 6.08. The zero-order valence-electron chi connectivity index (χ0n) is 12.0. The molecule has 1 saturated carbocycles. The summed E-state index contributed by atoms with van der Waals surface area (Å²) in [5.74, 6) is -0.0576. The number of likely N-dealkylation sites (N-methyl/N-ethyl adjacent to an activating group) is 1. The minimum absolute atomic E-state index is 0.0466. The summed E-state index contributed by atoms with van der Waals surface area (Å²) in [5, 5.41) is 14.9. The van der Waals surface area contributed by atoms with Gasteiger partial charge in [0.05, 0.1) is 0 Å². The summed E-state index contributed by atoms with van der Waals surface area (Å²) in [6.07, 6.45) is 3.22. The first-order valence-electron chi connectivity index (χ1n) is 7.09. The van der Waals surface area contributed by atoms with Gasteiger partial charge in [-0.15, -0.1) is 0 Å². The van der Waals surface area contributed by atoms with Crippen LogP contribution in [0.1, 0.15) is 39.5 Å². The van der Waals surface area contributed by atoms with Gasteiger partial charge in [0.2, 0.25) is 5.91 Å². The van der Waals surface area contributed by atoms with E-state index in [0.29, 0.717) is 19.4 Å². The molecule has 0 aromatic heterocycles. The van der Waals surface area contributed by atoms with E-state index < -0.39 is 5.41 Å². The molecule has 1 aliphatic carbocycles. The van der Waals surface area contributed by atoms with Gasteiger partial charge in [-0.05, 0) is 25.9 Å². The maximum Gasteiger partial charge on any atom is 0.233 e. The molecule has 0 aromatic carbocycles. The molecule has 0 unspecified atom stereocenters. The van der Waals surface area contributed by atoms with Crippen molar-refractivity contribution < 1.29 is 10.0 Å². The summed E-state index contributed by atoms with van der Waals surface area (Å²) in [5.41, 5.74) is 4.93. The van der Waals surface area contributed by atoms with Gasteiger partial charge in [-0.2, -0.15) is 0 Å². The third kappa shape index (κ3) is 3.59. The topological polar surface area (TPSA) is 91.0 Å². The van der Waals surface area contributed by atoms with Crippen LogP contribution in [0.3, 0.4) is 0 Å². The lowest BCUT2D eigenvalue weighted by Crippen LogP contribution is -2.49. The van der Waals surface area contributed by atoms with E-state index in [1.807, 2.05) is 0 Å². The number of carbonyl (C=O) groups is 1. The van der Waals surface area contributed by atoms with Crippen LogP contribution in [0, 0.1) is 5.41 Å². The highest BCUT2D eigenvalue weighted by molar-refractivity contribution is 6.07. The lowest BCUT2D eigenvalue weighted by atomic mass is 9.84. The van der Waals surface area contributed by atoms with Gasteiger partial charge in [0.25, 0.3) is 0 Å². The maximum atomic E-state index is 12.3. The second-order valence-electron chi connectivity index (χ2n) is 5.06. The predicted octanol–water partition coefficient (Wildman–Crippen LogP) is 0.751. The molecule has 6 heteroatoms. The van der Waals surface area contributed by atoms with Gasteiger partial charge in [0.15, 0.2) is 5.84 Å². The van der Waals surface area contributed by atoms with Gasteiger partial charge in [0, 0.05) is 13.1 Å². The normalized spacial score (nSPS) is 18.8. The molecule has 0 heterocycles. The van der Waals surface area contributed by atoms with E-state index in [1.54, 1.807) is 0 Å². The predicted molar refractivity (Wildman–Crippen MR) is 75.1 cm³/mol. The molecule has 1 rings (SSSR count). The van der Waals surface area contributed by atoms with Crippen molar-refractivity contribution in [3.05, 3.63) is 0 Å². The minimum Gasteiger partial charge on any atom is -0.409 e. The smallest absolute Gasteiger partial charge is 0.233 e. The Balaban J connectivity index is 2.55. The molecule has 0 spiro atoms. The maximum absolute atomic E-state index is 12.3. The van der Waals surface area contributed by atoms with E-state index in [4.69, 9.17) is 10.9 Å². The molecule has 1 fully saturated rings. The van der Waals surface area contributed by atoms with Crippen LogP contribution in [0.15, 0.2) is 5.16 Å². The van der Waals surface area contributed by atoms with Gasteiger partial charge in [-0.1, -0.05) is 31.8 Å². The number of nitrogens with zero attached hydrogens (tertiary/aromatic N) is 2. The van der Waals surface area contributed by atoms with Gasteiger partial charge in [-0.3, -0.25) is 4.79 Å². The van der Waals surface area contributed by atoms with E-state index in [1.165, 1.54) is 0 Å². The number of nitrogens with two attached hydrogens (primary N) is 1. The van der Waals surface area contributed by atoms with Gasteiger partial charge >= 0.3 is 0 Å². The van der Waals surface area contributed by atoms with Crippen molar-refractivity contribution >= 4 is 11.7 Å². The van der Waals surface area contributed by atoms with Crippen LogP contribution in [0.2, 0.25) is 0 Å². The lowest BCUT2D eigenvalue weighted by molar-refractivity contribution is -0.127. The molecule has 1 aliphatic rings. The Morgan fingerprint density at radius 1 is 1.37 bits per heavy atom. The molecule has 1 amide bonds. The van der Waals surface area contributed by atoms with Crippen LogP contribution in [0.5, 0.6) is 0 Å². The van der Waals surface area contributed by atoms with Crippen LogP contribution in [0.25, 0.3) is 0 Å². The molecule has 0 bridgehead atoms. The monoisotopic (exact) mass is 270 g/mol. The highest BCUT2D eigenvalue weighted by atomic mass is 16.4. The molecule has 4 N–H and O–H groups in total. The van der Waals surface area contributed by atoms with Gasteiger partial charge < -0.3 is 21.2 Å². The average molecular weight is 270 g/mol. The molecular formula is C13H26N4O2. The summed E-state index contributed by atoms with van der Waals surface area (Å²) in [7, 11) is 0. The van der Waals surface area contributed by atoms with Crippen molar-refractivity contribution in [2.45, 2.75) is 39.5 Å². The number of nitrogens with one attached hydrogen (secondary N) is 1. The Morgan fingerprint density at radius 2 is 1.95 bits per heavy atom. The van der Waals surface area contributed by atoms with Crippen LogP contribution < -0.4 is 11.1 Å². The van der Waals surface area contributed by atoms with Crippen LogP contribution in [-0.2, 0) is 4.79 Å². The van der Waals surface area contributed by atoms with Crippen LogP contribution >= 0.6 is 0 Å². The minimum atomic E-state index is -0.794. The fraction of sp³-hybridized carbons (Fsp3) is 0.846. The molecule has 0 aliphatic heterocycles. The first-order valence-corrected chi connectivity index (χ1v) is 7.09. The van der Waals surface area contributed by atoms with E-state index in [2.05, 4.69) is 29.2 Å². The number of carbonyl (C=O) groups excluding carboxylic acids is 1. The summed E-state index contributed by atoms with van der Waals surface area (Å²) >= 11 is 0. The summed E-state index contributed by atoms with van der Waals surface area (Å²) in [6, 6.07) is 0. The zero-order valence-corrected chi connectivity index (χ0v) is 12.0. The molecule has 6 nitrogen and oxygen atoms in total. The van der Waals surface area contributed by atoms with Crippen molar-refractivity contribution in [2.75, 3.05) is 26.2 Å². The fourth-order valence-electron chi connectivity index (χ4n) is 2.71. The first-order chi connectivity index (χ1) is 9.10. The van der Waals surface area contributed by atoms with Crippen LogP contribution in [0.4, 0.5) is 0 Å². The molecule has 0 aromatic rings. The highest BCUT2D eigenvalue weighted by Gasteiger charge is 2.45. The fourth-order valence-corrected chi connectivity index (χ4v) is 2.71. The Bertz CT molecular complexity index is 321. The molecule has 0 radical (unpaired) electrons. The van der Waals surface area contributed by atoms with E-state index in [-0.39, 0.29) is 11.7 Å². The number of rotatable bonds is 7. The molecule has 110 valence electrons. The van der Waals surface area contributed by atoms with E-state index in [9.17, 15) is 4.79 Å². The van der Waals surface area contributed by atoms with E-state index >= 15 is 0 Å². The molecule has 0 saturated heterocycles. The van der Waals surface area contributed by atoms with Crippen LogP contribution in [-0.4, -0.2) is 48.0 Å². The lowest BCUT2D eigenvalue weighted by Gasteiger charge is -2.27.